The first-order chi connectivity index (χ1) is 12.6. The average Bonchev–Trinajstić information content (AvgIpc) is 3.08. The summed E-state index contributed by atoms with van der Waals surface area (Å²) in [5.74, 6) is -1.46. The van der Waals surface area contributed by atoms with Crippen LogP contribution in [0.15, 0.2) is 6.07 Å². The Hall–Kier alpha value is -2.83. The molecule has 0 unspecified atom stereocenters. The highest BCUT2D eigenvalue weighted by molar-refractivity contribution is 6.04. The summed E-state index contributed by atoms with van der Waals surface area (Å²) in [6.45, 7) is 11.4. The maximum atomic E-state index is 12.8. The van der Waals surface area contributed by atoms with E-state index in [4.69, 9.17) is 9.47 Å². The summed E-state index contributed by atoms with van der Waals surface area (Å²) in [7, 11) is 1.28. The van der Waals surface area contributed by atoms with E-state index >= 15 is 0 Å². The molecule has 0 bridgehead atoms. The molecule has 2 aromatic heterocycles. The largest absolute Gasteiger partial charge is 0.465 e. The van der Waals surface area contributed by atoms with Gasteiger partial charge in [0.05, 0.1) is 23.9 Å². The second-order valence-electron chi connectivity index (χ2n) is 6.56. The maximum absolute atomic E-state index is 12.8. The van der Waals surface area contributed by atoms with Crippen molar-refractivity contribution in [2.75, 3.05) is 7.11 Å². The van der Waals surface area contributed by atoms with Crippen molar-refractivity contribution in [2.24, 2.45) is 0 Å². The van der Waals surface area contributed by atoms with Crippen LogP contribution in [-0.4, -0.2) is 40.5 Å². The minimum Gasteiger partial charge on any atom is -0.465 e. The number of methoxy groups -OCH3 is 1. The maximum Gasteiger partial charge on any atom is 0.340 e. The summed E-state index contributed by atoms with van der Waals surface area (Å²) in [6.07, 6.45) is -0.996. The molecule has 7 heteroatoms. The van der Waals surface area contributed by atoms with Gasteiger partial charge in [-0.05, 0) is 53.2 Å². The van der Waals surface area contributed by atoms with Crippen LogP contribution in [0, 0.1) is 27.7 Å². The molecule has 0 aliphatic heterocycles. The number of carbonyl (C=O) groups excluding carboxylic acids is 3. The molecule has 0 radical (unpaired) electrons. The van der Waals surface area contributed by atoms with E-state index in [1.165, 1.54) is 14.0 Å². The van der Waals surface area contributed by atoms with Gasteiger partial charge in [0, 0.05) is 23.6 Å². The number of nitrogens with zero attached hydrogens (tertiary/aromatic N) is 1. The van der Waals surface area contributed by atoms with Crippen LogP contribution in [0.1, 0.15) is 67.7 Å². The summed E-state index contributed by atoms with van der Waals surface area (Å²) in [4.78, 5) is 40.1. The number of ketones is 1. The normalized spacial score (nSPS) is 12.0. The molecule has 0 amide bonds. The Morgan fingerprint density at radius 3 is 2.30 bits per heavy atom. The Morgan fingerprint density at radius 2 is 1.78 bits per heavy atom. The van der Waals surface area contributed by atoms with Crippen molar-refractivity contribution in [1.82, 2.24) is 9.55 Å². The number of nitrogens with one attached hydrogen (secondary N) is 1. The van der Waals surface area contributed by atoms with Crippen LogP contribution in [0.2, 0.25) is 0 Å². The van der Waals surface area contributed by atoms with Crippen molar-refractivity contribution >= 4 is 17.7 Å². The lowest BCUT2D eigenvalue weighted by Crippen LogP contribution is -2.25. The Balaban J connectivity index is 2.24. The smallest absolute Gasteiger partial charge is 0.340 e. The number of carbonyl (C=O) groups is 3. The Morgan fingerprint density at radius 1 is 1.15 bits per heavy atom. The lowest BCUT2D eigenvalue weighted by Gasteiger charge is -2.12. The lowest BCUT2D eigenvalue weighted by atomic mass is 10.1. The van der Waals surface area contributed by atoms with Crippen LogP contribution in [0.25, 0.3) is 0 Å². The van der Waals surface area contributed by atoms with Crippen LogP contribution in [0.4, 0.5) is 0 Å². The third kappa shape index (κ3) is 3.67. The third-order valence-corrected chi connectivity index (χ3v) is 4.84. The number of hydrogen-bond donors (Lipinski definition) is 1. The first-order valence-corrected chi connectivity index (χ1v) is 8.83. The molecule has 1 N–H and O–H groups in total. The molecule has 7 nitrogen and oxygen atoms in total. The van der Waals surface area contributed by atoms with Crippen molar-refractivity contribution in [2.45, 2.75) is 54.2 Å². The predicted molar refractivity (Wildman–Crippen MR) is 100 cm³/mol. The molecule has 2 rings (SSSR count). The van der Waals surface area contributed by atoms with E-state index in [1.54, 1.807) is 19.9 Å². The minimum absolute atomic E-state index is 0.243. The molecule has 0 spiro atoms. The third-order valence-electron chi connectivity index (χ3n) is 4.84. The molecule has 2 aromatic rings. The van der Waals surface area contributed by atoms with Gasteiger partial charge in [-0.1, -0.05) is 0 Å². The highest BCUT2D eigenvalue weighted by Gasteiger charge is 2.28. The average molecular weight is 374 g/mol. The Bertz CT molecular complexity index is 904. The molecule has 0 fully saturated rings. The molecule has 0 saturated carbocycles. The second kappa shape index (κ2) is 7.82. The van der Waals surface area contributed by atoms with E-state index in [9.17, 15) is 14.4 Å². The molecule has 146 valence electrons. The standard InChI is InChI=1S/C20H26N2O5/c1-8-22-10(2)9-15(13(22)5)19(24)27-14(6)18(23)17-11(3)16(12(4)21-17)20(25)26-7/h9,14,21H,8H2,1-7H3/t14-/m1/s1. The molecule has 0 aliphatic carbocycles. The summed E-state index contributed by atoms with van der Waals surface area (Å²) < 4.78 is 12.2. The van der Waals surface area contributed by atoms with Crippen LogP contribution in [0.3, 0.4) is 0 Å². The first kappa shape index (κ1) is 20.5. The van der Waals surface area contributed by atoms with Crippen molar-refractivity contribution in [3.63, 3.8) is 0 Å². The second-order valence-corrected chi connectivity index (χ2v) is 6.56. The summed E-state index contributed by atoms with van der Waals surface area (Å²) in [6, 6.07) is 1.76. The number of ether oxygens (including phenoxy) is 2. The zero-order valence-corrected chi connectivity index (χ0v) is 16.9. The zero-order chi connectivity index (χ0) is 20.5. The van der Waals surface area contributed by atoms with E-state index in [0.29, 0.717) is 22.4 Å². The highest BCUT2D eigenvalue weighted by Crippen LogP contribution is 2.22. The van der Waals surface area contributed by atoms with E-state index in [1.807, 2.05) is 25.3 Å². The summed E-state index contributed by atoms with van der Waals surface area (Å²) in [5.41, 5.74) is 3.80. The number of aryl methyl sites for hydroxylation is 2. The van der Waals surface area contributed by atoms with Gasteiger partial charge in [-0.25, -0.2) is 9.59 Å². The van der Waals surface area contributed by atoms with Crippen LogP contribution in [0.5, 0.6) is 0 Å². The van der Waals surface area contributed by atoms with Crippen molar-refractivity contribution in [3.05, 3.63) is 45.5 Å². The number of H-pyrrole nitrogens is 1. The van der Waals surface area contributed by atoms with Crippen molar-refractivity contribution < 1.29 is 23.9 Å². The number of rotatable bonds is 6. The summed E-state index contributed by atoms with van der Waals surface area (Å²) >= 11 is 0. The van der Waals surface area contributed by atoms with Crippen LogP contribution in [-0.2, 0) is 16.0 Å². The first-order valence-electron chi connectivity index (χ1n) is 8.83. The molecule has 1 atom stereocenters. The van der Waals surface area contributed by atoms with Gasteiger partial charge in [0.1, 0.15) is 0 Å². The molecule has 0 aromatic carbocycles. The molecule has 27 heavy (non-hydrogen) atoms. The fraction of sp³-hybridized carbons (Fsp3) is 0.450. The van der Waals surface area contributed by atoms with Gasteiger partial charge in [-0.2, -0.15) is 0 Å². The van der Waals surface area contributed by atoms with E-state index in [-0.39, 0.29) is 5.69 Å². The van der Waals surface area contributed by atoms with Gasteiger partial charge in [0.25, 0.3) is 0 Å². The zero-order valence-electron chi connectivity index (χ0n) is 16.9. The van der Waals surface area contributed by atoms with Gasteiger partial charge in [-0.15, -0.1) is 0 Å². The predicted octanol–water partition coefficient (Wildman–Crippen LogP) is 3.28. The fourth-order valence-corrected chi connectivity index (χ4v) is 3.38. The summed E-state index contributed by atoms with van der Waals surface area (Å²) in [5, 5.41) is 0. The molecular formula is C20H26N2O5. The highest BCUT2D eigenvalue weighted by atomic mass is 16.5. The SMILES string of the molecule is CCn1c(C)cc(C(=O)O[C@H](C)C(=O)c2[nH]c(C)c(C(=O)OC)c2C)c1C. The molecule has 0 aliphatic rings. The van der Waals surface area contributed by atoms with Gasteiger partial charge in [0.15, 0.2) is 6.10 Å². The van der Waals surface area contributed by atoms with E-state index in [2.05, 4.69) is 4.98 Å². The van der Waals surface area contributed by atoms with Crippen LogP contribution < -0.4 is 0 Å². The fourth-order valence-electron chi connectivity index (χ4n) is 3.38. The molecular weight excluding hydrogens is 348 g/mol. The number of hydrogen-bond acceptors (Lipinski definition) is 5. The van der Waals surface area contributed by atoms with Crippen molar-refractivity contribution in [3.8, 4) is 0 Å². The van der Waals surface area contributed by atoms with Crippen LogP contribution >= 0.6 is 0 Å². The minimum atomic E-state index is -0.996. The van der Waals surface area contributed by atoms with Crippen molar-refractivity contribution in [1.29, 1.82) is 0 Å². The molecule has 2 heterocycles. The van der Waals surface area contributed by atoms with E-state index < -0.39 is 23.8 Å². The quantitative estimate of drug-likeness (QED) is 0.619. The molecule has 0 saturated heterocycles. The Kier molecular flexibility index (Phi) is 5.93. The topological polar surface area (TPSA) is 90.4 Å². The lowest BCUT2D eigenvalue weighted by molar-refractivity contribution is 0.0316. The van der Waals surface area contributed by atoms with Gasteiger partial charge in [0.2, 0.25) is 5.78 Å². The number of esters is 2. The van der Waals surface area contributed by atoms with E-state index in [0.717, 1.165) is 17.9 Å². The number of aromatic amines is 1. The van der Waals surface area contributed by atoms with Gasteiger partial charge >= 0.3 is 11.9 Å². The Labute approximate surface area is 158 Å². The van der Waals surface area contributed by atoms with Gasteiger partial charge < -0.3 is 19.0 Å². The van der Waals surface area contributed by atoms with Gasteiger partial charge in [-0.3, -0.25) is 4.79 Å². The monoisotopic (exact) mass is 374 g/mol. The number of Topliss-reactive ketones (excluding diaryl/α,β-unsaturated/α-hetero) is 1. The number of aromatic nitrogens is 2.